The van der Waals surface area contributed by atoms with Gasteiger partial charge in [-0.05, 0) is 47.1 Å². The zero-order chi connectivity index (χ0) is 23.9. The summed E-state index contributed by atoms with van der Waals surface area (Å²) in [6.07, 6.45) is -1.46. The lowest BCUT2D eigenvalue weighted by Gasteiger charge is -2.36. The number of carbonyl (C=O) groups excluding carboxylic acids is 3. The molecular formula is C22H33N3O7. The zero-order valence-electron chi connectivity index (χ0n) is 19.5. The summed E-state index contributed by atoms with van der Waals surface area (Å²) in [4.78, 5) is 44.5. The molecule has 0 aliphatic carbocycles. The third kappa shape index (κ3) is 7.38. The Labute approximate surface area is 188 Å². The molecule has 1 aliphatic rings. The van der Waals surface area contributed by atoms with Crippen molar-refractivity contribution in [3.05, 3.63) is 35.9 Å². The second-order valence-electron chi connectivity index (χ2n) is 8.73. The van der Waals surface area contributed by atoms with E-state index >= 15 is 0 Å². The van der Waals surface area contributed by atoms with Crippen molar-refractivity contribution in [3.8, 4) is 0 Å². The molecule has 0 saturated carbocycles. The largest absolute Gasteiger partial charge is 0.450 e. The van der Waals surface area contributed by atoms with Gasteiger partial charge < -0.3 is 14.2 Å². The smallest absolute Gasteiger partial charge is 0.415 e. The molecule has 4 amide bonds. The number of hydrogen-bond donors (Lipinski definition) is 1. The molecule has 0 aromatic heterocycles. The highest BCUT2D eigenvalue weighted by Crippen LogP contribution is 2.30. The molecule has 178 valence electrons. The van der Waals surface area contributed by atoms with Crippen LogP contribution in [0.5, 0.6) is 0 Å². The molecule has 1 aliphatic heterocycles. The number of hydrogen-bond acceptors (Lipinski definition) is 7. The Bertz CT molecular complexity index is 792. The third-order valence-electron chi connectivity index (χ3n) is 4.48. The summed E-state index contributed by atoms with van der Waals surface area (Å²) in [5.41, 5.74) is -0.825. The number of nitrogens with one attached hydrogen (secondary N) is 1. The van der Waals surface area contributed by atoms with Gasteiger partial charge in [-0.15, -0.1) is 0 Å². The van der Waals surface area contributed by atoms with Gasteiger partial charge in [0.1, 0.15) is 17.9 Å². The lowest BCUT2D eigenvalue weighted by Crippen LogP contribution is -2.54. The van der Waals surface area contributed by atoms with E-state index < -0.39 is 35.6 Å². The highest BCUT2D eigenvalue weighted by atomic mass is 16.7. The molecular weight excluding hydrogens is 418 g/mol. The number of carbonyl (C=O) groups is 3. The van der Waals surface area contributed by atoms with Gasteiger partial charge in [0.15, 0.2) is 0 Å². The number of rotatable bonds is 6. The van der Waals surface area contributed by atoms with E-state index in [-0.39, 0.29) is 26.4 Å². The molecule has 1 saturated heterocycles. The Balaban J connectivity index is 2.18. The Hall–Kier alpha value is -2.85. The van der Waals surface area contributed by atoms with Gasteiger partial charge >= 0.3 is 18.2 Å². The molecule has 32 heavy (non-hydrogen) atoms. The van der Waals surface area contributed by atoms with Crippen molar-refractivity contribution >= 4 is 18.2 Å². The van der Waals surface area contributed by atoms with Crippen LogP contribution in [0.25, 0.3) is 0 Å². The topological polar surface area (TPSA) is 107 Å². The molecule has 0 unspecified atom stereocenters. The molecule has 1 aromatic rings. The first-order chi connectivity index (χ1) is 14.9. The molecule has 0 radical (unpaired) electrons. The van der Waals surface area contributed by atoms with Gasteiger partial charge in [0.05, 0.1) is 25.8 Å². The van der Waals surface area contributed by atoms with Crippen LogP contribution in [-0.2, 0) is 25.7 Å². The predicted octanol–water partition coefficient (Wildman–Crippen LogP) is 3.66. The molecule has 0 spiro atoms. The van der Waals surface area contributed by atoms with Crippen LogP contribution < -0.4 is 5.32 Å². The summed E-state index contributed by atoms with van der Waals surface area (Å²) in [5, 5.41) is 3.12. The maximum atomic E-state index is 12.9. The Morgan fingerprint density at radius 2 is 1.88 bits per heavy atom. The van der Waals surface area contributed by atoms with Crippen molar-refractivity contribution < 1.29 is 33.4 Å². The van der Waals surface area contributed by atoms with Crippen LogP contribution >= 0.6 is 0 Å². The normalized spacial score (nSPS) is 17.6. The van der Waals surface area contributed by atoms with Gasteiger partial charge in [-0.1, -0.05) is 30.3 Å². The number of alkyl carbamates (subject to hydrolysis) is 1. The lowest BCUT2D eigenvalue weighted by molar-refractivity contribution is -0.137. The summed E-state index contributed by atoms with van der Waals surface area (Å²) in [6.45, 7) is 10.7. The fourth-order valence-corrected chi connectivity index (χ4v) is 3.13. The van der Waals surface area contributed by atoms with Crippen molar-refractivity contribution in [3.63, 3.8) is 0 Å². The number of imide groups is 1. The minimum absolute atomic E-state index is 0.0548. The second kappa shape index (κ2) is 10.6. The first-order valence-corrected chi connectivity index (χ1v) is 10.5. The van der Waals surface area contributed by atoms with Crippen molar-refractivity contribution in [2.45, 2.75) is 65.5 Å². The SMILES string of the molecule is CCOC(=O)NC(=O)N(C[C@@H]1COC(C)(C)N1C(=O)OC(C)(C)C)OCc1ccccc1. The first-order valence-electron chi connectivity index (χ1n) is 10.5. The van der Waals surface area contributed by atoms with Gasteiger partial charge in [-0.2, -0.15) is 0 Å². The third-order valence-corrected chi connectivity index (χ3v) is 4.48. The van der Waals surface area contributed by atoms with Crippen LogP contribution in [0.15, 0.2) is 30.3 Å². The van der Waals surface area contributed by atoms with Gasteiger partial charge in [0.2, 0.25) is 0 Å². The summed E-state index contributed by atoms with van der Waals surface area (Å²) in [6, 6.07) is 7.87. The number of hydroxylamine groups is 2. The van der Waals surface area contributed by atoms with Crippen molar-refractivity contribution in [2.75, 3.05) is 19.8 Å². The summed E-state index contributed by atoms with van der Waals surface area (Å²) >= 11 is 0. The molecule has 1 heterocycles. The zero-order valence-corrected chi connectivity index (χ0v) is 19.5. The lowest BCUT2D eigenvalue weighted by atomic mass is 10.2. The quantitative estimate of drug-likeness (QED) is 0.658. The fraction of sp³-hybridized carbons (Fsp3) is 0.591. The predicted molar refractivity (Wildman–Crippen MR) is 115 cm³/mol. The minimum Gasteiger partial charge on any atom is -0.450 e. The molecule has 1 N–H and O–H groups in total. The average molecular weight is 452 g/mol. The van der Waals surface area contributed by atoms with Crippen molar-refractivity contribution in [2.24, 2.45) is 0 Å². The maximum Gasteiger partial charge on any atom is 0.415 e. The highest BCUT2D eigenvalue weighted by Gasteiger charge is 2.47. The van der Waals surface area contributed by atoms with E-state index in [0.717, 1.165) is 10.6 Å². The summed E-state index contributed by atoms with van der Waals surface area (Å²) < 4.78 is 16.1. The number of ether oxygens (including phenoxy) is 3. The molecule has 0 bridgehead atoms. The Morgan fingerprint density at radius 3 is 2.47 bits per heavy atom. The van der Waals surface area contributed by atoms with Crippen LogP contribution in [0.4, 0.5) is 14.4 Å². The number of urea groups is 1. The van der Waals surface area contributed by atoms with Gasteiger partial charge in [-0.25, -0.2) is 24.8 Å². The molecule has 10 heteroatoms. The standard InChI is InChI=1S/C22H33N3O7/c1-7-29-19(27)23-18(26)24(31-14-16-11-9-8-10-12-16)13-17-15-30-22(5,6)25(17)20(28)32-21(2,3)4/h8-12,17H,7,13-15H2,1-6H3,(H,23,26,27)/t17-/m1/s1. The Morgan fingerprint density at radius 1 is 1.22 bits per heavy atom. The van der Waals surface area contributed by atoms with Crippen LogP contribution in [0.1, 0.15) is 47.1 Å². The number of amides is 4. The van der Waals surface area contributed by atoms with Crippen LogP contribution in [0, 0.1) is 0 Å². The maximum absolute atomic E-state index is 12.9. The van der Waals surface area contributed by atoms with E-state index in [4.69, 9.17) is 19.0 Å². The van der Waals surface area contributed by atoms with E-state index in [0.29, 0.717) is 0 Å². The van der Waals surface area contributed by atoms with Crippen LogP contribution in [0.2, 0.25) is 0 Å². The van der Waals surface area contributed by atoms with Gasteiger partial charge in [0, 0.05) is 0 Å². The molecule has 1 aromatic carbocycles. The van der Waals surface area contributed by atoms with Crippen LogP contribution in [-0.4, -0.2) is 65.3 Å². The fourth-order valence-electron chi connectivity index (χ4n) is 3.13. The second-order valence-corrected chi connectivity index (χ2v) is 8.73. The van der Waals surface area contributed by atoms with E-state index in [1.54, 1.807) is 41.5 Å². The molecule has 1 atom stereocenters. The molecule has 10 nitrogen and oxygen atoms in total. The summed E-state index contributed by atoms with van der Waals surface area (Å²) in [5.74, 6) is 0. The monoisotopic (exact) mass is 451 g/mol. The van der Waals surface area contributed by atoms with E-state index in [1.807, 2.05) is 30.3 Å². The molecule has 2 rings (SSSR count). The van der Waals surface area contributed by atoms with Gasteiger partial charge in [-0.3, -0.25) is 9.74 Å². The number of benzene rings is 1. The Kier molecular flexibility index (Phi) is 8.45. The van der Waals surface area contributed by atoms with Gasteiger partial charge in [0.25, 0.3) is 0 Å². The van der Waals surface area contributed by atoms with E-state index in [2.05, 4.69) is 5.32 Å². The highest BCUT2D eigenvalue weighted by molar-refractivity contribution is 5.90. The number of nitrogens with zero attached hydrogens (tertiary/aromatic N) is 2. The van der Waals surface area contributed by atoms with Crippen molar-refractivity contribution in [1.29, 1.82) is 0 Å². The van der Waals surface area contributed by atoms with Crippen LogP contribution in [0.3, 0.4) is 0 Å². The van der Waals surface area contributed by atoms with E-state index in [9.17, 15) is 14.4 Å². The average Bonchev–Trinajstić information content (AvgIpc) is 2.98. The first kappa shape index (κ1) is 25.4. The van der Waals surface area contributed by atoms with E-state index in [1.165, 1.54) is 4.90 Å². The molecule has 1 fully saturated rings. The van der Waals surface area contributed by atoms with Crippen molar-refractivity contribution in [1.82, 2.24) is 15.3 Å². The summed E-state index contributed by atoms with van der Waals surface area (Å²) in [7, 11) is 0. The minimum atomic E-state index is -0.949.